The van der Waals surface area contributed by atoms with Crippen molar-refractivity contribution in [2.75, 3.05) is 19.6 Å². The van der Waals surface area contributed by atoms with Crippen LogP contribution in [-0.4, -0.2) is 41.4 Å². The summed E-state index contributed by atoms with van der Waals surface area (Å²) in [5, 5.41) is 9.32. The third kappa shape index (κ3) is 3.33. The van der Waals surface area contributed by atoms with Crippen LogP contribution in [0.1, 0.15) is 37.0 Å². The molecule has 3 aliphatic heterocycles. The van der Waals surface area contributed by atoms with Gasteiger partial charge in [-0.3, -0.25) is 9.69 Å². The van der Waals surface area contributed by atoms with E-state index in [0.29, 0.717) is 24.1 Å². The van der Waals surface area contributed by atoms with Crippen LogP contribution in [-0.2, 0) is 11.3 Å². The molecule has 0 spiro atoms. The van der Waals surface area contributed by atoms with Crippen molar-refractivity contribution < 1.29 is 9.21 Å². The van der Waals surface area contributed by atoms with Crippen molar-refractivity contribution in [2.24, 2.45) is 11.8 Å². The van der Waals surface area contributed by atoms with Crippen LogP contribution in [0.2, 0.25) is 0 Å². The molecule has 4 fully saturated rings. The molecule has 5 nitrogen and oxygen atoms in total. The molecular weight excluding hydrogens is 350 g/mol. The average molecular weight is 375 g/mol. The van der Waals surface area contributed by atoms with Gasteiger partial charge in [0.1, 0.15) is 11.5 Å². The van der Waals surface area contributed by atoms with Gasteiger partial charge in [-0.05, 0) is 55.9 Å². The van der Waals surface area contributed by atoms with Gasteiger partial charge >= 0.3 is 0 Å². The Morgan fingerprint density at radius 2 is 1.93 bits per heavy atom. The average Bonchev–Trinajstić information content (AvgIpc) is 3.47. The number of carbonyl (C=O) groups is 1. The summed E-state index contributed by atoms with van der Waals surface area (Å²) < 4.78 is 6.08. The lowest BCUT2D eigenvalue weighted by atomic mass is 9.94. The molecule has 4 heterocycles. The zero-order valence-corrected chi connectivity index (χ0v) is 16.0. The van der Waals surface area contributed by atoms with Gasteiger partial charge in [-0.1, -0.05) is 12.1 Å². The number of carbonyl (C=O) groups excluding carboxylic acids is 1. The minimum atomic E-state index is 0.131. The fourth-order valence-electron chi connectivity index (χ4n) is 4.70. The van der Waals surface area contributed by atoms with Gasteiger partial charge in [0, 0.05) is 31.2 Å². The molecule has 6 rings (SSSR count). The molecule has 28 heavy (non-hydrogen) atoms. The maximum atomic E-state index is 12.9. The van der Waals surface area contributed by atoms with Gasteiger partial charge in [0.25, 0.3) is 0 Å². The summed E-state index contributed by atoms with van der Waals surface area (Å²) in [5.74, 6) is 2.87. The molecule has 5 heteroatoms. The molecule has 1 saturated carbocycles. The zero-order chi connectivity index (χ0) is 19.1. The Morgan fingerprint density at radius 3 is 2.75 bits per heavy atom. The first-order valence-electron chi connectivity index (χ1n) is 10.3. The predicted molar refractivity (Wildman–Crippen MR) is 105 cm³/mol. The molecule has 0 unspecified atom stereocenters. The van der Waals surface area contributed by atoms with Gasteiger partial charge in [0.05, 0.1) is 24.1 Å². The molecule has 3 saturated heterocycles. The summed E-state index contributed by atoms with van der Waals surface area (Å²) in [4.78, 5) is 17.4. The summed E-state index contributed by atoms with van der Waals surface area (Å²) in [6, 6.07) is 14.0. The molecule has 1 aromatic heterocycles. The molecule has 1 aliphatic carbocycles. The van der Waals surface area contributed by atoms with E-state index < -0.39 is 0 Å². The summed E-state index contributed by atoms with van der Waals surface area (Å²) >= 11 is 0. The third-order valence-corrected chi connectivity index (χ3v) is 6.37. The van der Waals surface area contributed by atoms with Crippen LogP contribution in [0.4, 0.5) is 0 Å². The van der Waals surface area contributed by atoms with E-state index in [1.165, 1.54) is 12.8 Å². The molecule has 0 N–H and O–H groups in total. The van der Waals surface area contributed by atoms with Crippen LogP contribution in [0, 0.1) is 23.2 Å². The molecule has 2 bridgehead atoms. The Morgan fingerprint density at radius 1 is 1.07 bits per heavy atom. The van der Waals surface area contributed by atoms with Crippen molar-refractivity contribution >= 4 is 5.91 Å². The van der Waals surface area contributed by atoms with E-state index in [2.05, 4.69) is 15.9 Å². The van der Waals surface area contributed by atoms with Crippen molar-refractivity contribution in [3.05, 3.63) is 47.7 Å². The minimum absolute atomic E-state index is 0.131. The first kappa shape index (κ1) is 17.5. The molecule has 1 aromatic carbocycles. The second-order valence-corrected chi connectivity index (χ2v) is 8.48. The van der Waals surface area contributed by atoms with E-state index in [-0.39, 0.29) is 5.92 Å². The van der Waals surface area contributed by atoms with Gasteiger partial charge < -0.3 is 9.32 Å². The van der Waals surface area contributed by atoms with Gasteiger partial charge in [0.2, 0.25) is 5.91 Å². The van der Waals surface area contributed by atoms with E-state index in [9.17, 15) is 10.1 Å². The van der Waals surface area contributed by atoms with E-state index in [1.54, 1.807) is 0 Å². The van der Waals surface area contributed by atoms with Crippen LogP contribution in [0.25, 0.3) is 11.3 Å². The van der Waals surface area contributed by atoms with Crippen LogP contribution in [0.15, 0.2) is 40.8 Å². The van der Waals surface area contributed by atoms with Crippen LogP contribution < -0.4 is 0 Å². The van der Waals surface area contributed by atoms with Crippen molar-refractivity contribution in [2.45, 2.75) is 38.3 Å². The predicted octanol–water partition coefficient (Wildman–Crippen LogP) is 3.65. The number of furan rings is 1. The van der Waals surface area contributed by atoms with Gasteiger partial charge in [-0.2, -0.15) is 5.26 Å². The Hall–Kier alpha value is -2.58. The number of rotatable bonds is 5. The summed E-state index contributed by atoms with van der Waals surface area (Å²) in [7, 11) is 0. The maximum Gasteiger partial charge on any atom is 0.227 e. The Bertz CT molecular complexity index is 924. The number of hydrogen-bond donors (Lipinski definition) is 0. The van der Waals surface area contributed by atoms with E-state index >= 15 is 0 Å². The zero-order valence-electron chi connectivity index (χ0n) is 16.0. The fourth-order valence-corrected chi connectivity index (χ4v) is 4.70. The van der Waals surface area contributed by atoms with Crippen molar-refractivity contribution in [1.29, 1.82) is 5.26 Å². The normalized spacial score (nSPS) is 25.0. The quantitative estimate of drug-likeness (QED) is 0.800. The van der Waals surface area contributed by atoms with Crippen LogP contribution in [0.3, 0.4) is 0 Å². The van der Waals surface area contributed by atoms with E-state index in [0.717, 1.165) is 55.5 Å². The summed E-state index contributed by atoms with van der Waals surface area (Å²) in [6.45, 7) is 3.43. The molecule has 2 aromatic rings. The van der Waals surface area contributed by atoms with Gasteiger partial charge in [-0.25, -0.2) is 0 Å². The van der Waals surface area contributed by atoms with Crippen molar-refractivity contribution in [3.8, 4) is 17.4 Å². The lowest BCUT2D eigenvalue weighted by molar-refractivity contribution is -0.140. The van der Waals surface area contributed by atoms with Gasteiger partial charge in [0.15, 0.2) is 0 Å². The smallest absolute Gasteiger partial charge is 0.227 e. The standard InChI is InChI=1S/C23H25N3O2/c24-11-17-3-1-2-4-21(17)22-10-9-20(28-22)15-25-13-18-7-8-19(14-25)26(23(18)27)12-16-5-6-16/h1-4,9-10,16,18-19H,5-8,12-15H2/t18-,19+/m0/s1. The van der Waals surface area contributed by atoms with Crippen molar-refractivity contribution in [3.63, 3.8) is 0 Å². The Labute approximate surface area is 165 Å². The number of hydrogen-bond acceptors (Lipinski definition) is 4. The number of amides is 1. The van der Waals surface area contributed by atoms with E-state index in [4.69, 9.17) is 4.42 Å². The number of nitriles is 1. The first-order valence-corrected chi connectivity index (χ1v) is 10.3. The Kier molecular flexibility index (Phi) is 4.44. The fraction of sp³-hybridized carbons (Fsp3) is 0.478. The lowest BCUT2D eigenvalue weighted by Crippen LogP contribution is -2.48. The summed E-state index contributed by atoms with van der Waals surface area (Å²) in [6.07, 6.45) is 4.70. The number of nitrogens with zero attached hydrogens (tertiary/aromatic N) is 3. The largest absolute Gasteiger partial charge is 0.460 e. The van der Waals surface area contributed by atoms with Gasteiger partial charge in [-0.15, -0.1) is 0 Å². The number of fused-ring (bicyclic) bond motifs is 4. The monoisotopic (exact) mass is 375 g/mol. The highest BCUT2D eigenvalue weighted by atomic mass is 16.3. The molecular formula is C23H25N3O2. The number of benzene rings is 1. The highest BCUT2D eigenvalue weighted by molar-refractivity contribution is 5.80. The second-order valence-electron chi connectivity index (χ2n) is 8.48. The first-order chi connectivity index (χ1) is 13.7. The highest BCUT2D eigenvalue weighted by Crippen LogP contribution is 2.36. The molecule has 144 valence electrons. The SMILES string of the molecule is N#Cc1ccccc1-c1ccc(CN2C[C@@H]3CC[C@H](C2)N(CC2CC2)C3=O)o1. The lowest BCUT2D eigenvalue weighted by Gasteiger charge is -2.36. The summed E-state index contributed by atoms with van der Waals surface area (Å²) in [5.41, 5.74) is 1.45. The third-order valence-electron chi connectivity index (χ3n) is 6.37. The second kappa shape index (κ2) is 7.10. The highest BCUT2D eigenvalue weighted by Gasteiger charge is 2.42. The molecule has 1 amide bonds. The van der Waals surface area contributed by atoms with E-state index in [1.807, 2.05) is 36.4 Å². The molecule has 4 aliphatic rings. The minimum Gasteiger partial charge on any atom is -0.460 e. The van der Waals surface area contributed by atoms with Crippen LogP contribution >= 0.6 is 0 Å². The topological polar surface area (TPSA) is 60.5 Å². The molecule has 2 atom stereocenters. The Balaban J connectivity index is 1.31. The van der Waals surface area contributed by atoms with Crippen molar-refractivity contribution in [1.82, 2.24) is 9.80 Å². The maximum absolute atomic E-state index is 12.9. The van der Waals surface area contributed by atoms with Crippen LogP contribution in [0.5, 0.6) is 0 Å². The number of piperidine rings is 1. The molecule has 0 radical (unpaired) electrons.